The maximum atomic E-state index is 5.22. The summed E-state index contributed by atoms with van der Waals surface area (Å²) in [6.45, 7) is 6.23. The van der Waals surface area contributed by atoms with Gasteiger partial charge in [-0.05, 0) is 45.0 Å². The van der Waals surface area contributed by atoms with Crippen LogP contribution in [0.25, 0.3) is 0 Å². The fourth-order valence-corrected chi connectivity index (χ4v) is 1.83. The zero-order valence-corrected chi connectivity index (χ0v) is 13.6. The first kappa shape index (κ1) is 15.9. The first-order valence-electron chi connectivity index (χ1n) is 7.28. The molecular weight excluding hydrogens is 270 g/mol. The molecular formula is C20H21NO. The minimum Gasteiger partial charge on any atom is -0.497 e. The number of benzene rings is 2. The minimum absolute atomic E-state index is 0.0899. The maximum absolute atomic E-state index is 5.22. The van der Waals surface area contributed by atoms with Gasteiger partial charge in [0, 0.05) is 22.9 Å². The Kier molecular flexibility index (Phi) is 5.01. The Labute approximate surface area is 132 Å². The molecule has 0 N–H and O–H groups in total. The number of nitrogens with zero attached hydrogens (tertiary/aromatic N) is 1. The van der Waals surface area contributed by atoms with Gasteiger partial charge in [0.05, 0.1) is 12.6 Å². The molecule has 0 bridgehead atoms. The second-order valence-electron chi connectivity index (χ2n) is 6.00. The number of hydrogen-bond donors (Lipinski definition) is 0. The van der Waals surface area contributed by atoms with Gasteiger partial charge in [0.25, 0.3) is 0 Å². The summed E-state index contributed by atoms with van der Waals surface area (Å²) in [6.07, 6.45) is 1.90. The third kappa shape index (κ3) is 4.79. The van der Waals surface area contributed by atoms with E-state index in [1.807, 2.05) is 54.7 Å². The molecule has 0 unspecified atom stereocenters. The van der Waals surface area contributed by atoms with E-state index in [1.165, 1.54) is 0 Å². The molecule has 2 nitrogen and oxygen atoms in total. The molecule has 2 heteroatoms. The maximum Gasteiger partial charge on any atom is 0.120 e. The van der Waals surface area contributed by atoms with Crippen molar-refractivity contribution in [3.8, 4) is 17.6 Å². The lowest BCUT2D eigenvalue weighted by Crippen LogP contribution is -2.09. The highest BCUT2D eigenvalue weighted by Crippen LogP contribution is 2.13. The molecule has 0 amide bonds. The third-order valence-corrected chi connectivity index (χ3v) is 2.96. The summed E-state index contributed by atoms with van der Waals surface area (Å²) < 4.78 is 5.22. The number of methoxy groups -OCH3 is 1. The Morgan fingerprint density at radius 1 is 1.00 bits per heavy atom. The van der Waals surface area contributed by atoms with Crippen molar-refractivity contribution in [2.24, 2.45) is 4.99 Å². The van der Waals surface area contributed by atoms with Crippen LogP contribution in [0.5, 0.6) is 5.75 Å². The summed E-state index contributed by atoms with van der Waals surface area (Å²) in [5.41, 5.74) is 2.85. The van der Waals surface area contributed by atoms with Gasteiger partial charge in [-0.15, -0.1) is 0 Å². The van der Waals surface area contributed by atoms with Gasteiger partial charge in [-0.3, -0.25) is 4.99 Å². The third-order valence-electron chi connectivity index (χ3n) is 2.96. The molecule has 112 valence electrons. The van der Waals surface area contributed by atoms with Crippen LogP contribution in [-0.2, 0) is 0 Å². The van der Waals surface area contributed by atoms with E-state index in [1.54, 1.807) is 7.11 Å². The lowest BCUT2D eigenvalue weighted by Gasteiger charge is -2.11. The topological polar surface area (TPSA) is 21.6 Å². The minimum atomic E-state index is -0.0899. The van der Waals surface area contributed by atoms with E-state index in [2.05, 4.69) is 37.6 Å². The van der Waals surface area contributed by atoms with Crippen LogP contribution in [-0.4, -0.2) is 18.9 Å². The fourth-order valence-electron chi connectivity index (χ4n) is 1.83. The smallest absolute Gasteiger partial charge is 0.120 e. The number of aliphatic imine (C=N–C) groups is 1. The summed E-state index contributed by atoms with van der Waals surface area (Å²) in [6, 6.07) is 15.8. The summed E-state index contributed by atoms with van der Waals surface area (Å²) >= 11 is 0. The van der Waals surface area contributed by atoms with Gasteiger partial charge in [-0.25, -0.2) is 0 Å². The van der Waals surface area contributed by atoms with Crippen molar-refractivity contribution in [1.29, 1.82) is 0 Å². The number of hydrogen-bond acceptors (Lipinski definition) is 2. The first-order chi connectivity index (χ1) is 10.5. The zero-order chi connectivity index (χ0) is 16.0. The average Bonchev–Trinajstić information content (AvgIpc) is 2.51. The molecule has 2 rings (SSSR count). The van der Waals surface area contributed by atoms with Gasteiger partial charge in [0.2, 0.25) is 0 Å². The van der Waals surface area contributed by atoms with E-state index in [9.17, 15) is 0 Å². The molecule has 2 aromatic rings. The average molecular weight is 291 g/mol. The number of ether oxygens (including phenoxy) is 1. The van der Waals surface area contributed by atoms with E-state index in [0.29, 0.717) is 0 Å². The molecule has 0 radical (unpaired) electrons. The second kappa shape index (κ2) is 6.95. The largest absolute Gasteiger partial charge is 0.497 e. The highest BCUT2D eigenvalue weighted by atomic mass is 16.5. The van der Waals surface area contributed by atoms with Crippen molar-refractivity contribution in [3.63, 3.8) is 0 Å². The lowest BCUT2D eigenvalue weighted by molar-refractivity contribution is 0.414. The van der Waals surface area contributed by atoms with Gasteiger partial charge < -0.3 is 4.74 Å². The molecule has 0 aliphatic carbocycles. The molecule has 0 atom stereocenters. The van der Waals surface area contributed by atoms with E-state index >= 15 is 0 Å². The summed E-state index contributed by atoms with van der Waals surface area (Å²) in [5, 5.41) is 0. The first-order valence-corrected chi connectivity index (χ1v) is 7.28. The van der Waals surface area contributed by atoms with Gasteiger partial charge in [-0.1, -0.05) is 36.1 Å². The Hall–Kier alpha value is -2.53. The molecule has 22 heavy (non-hydrogen) atoms. The molecule has 0 aliphatic rings. The van der Waals surface area contributed by atoms with Gasteiger partial charge in [0.15, 0.2) is 0 Å². The van der Waals surface area contributed by atoms with Crippen LogP contribution in [0, 0.1) is 11.8 Å². The van der Waals surface area contributed by atoms with Crippen LogP contribution >= 0.6 is 0 Å². The van der Waals surface area contributed by atoms with Crippen molar-refractivity contribution >= 4 is 6.21 Å². The summed E-state index contributed by atoms with van der Waals surface area (Å²) in [4.78, 5) is 4.56. The van der Waals surface area contributed by atoms with Crippen molar-refractivity contribution < 1.29 is 4.74 Å². The van der Waals surface area contributed by atoms with E-state index in [0.717, 1.165) is 22.4 Å². The monoisotopic (exact) mass is 291 g/mol. The highest BCUT2D eigenvalue weighted by Gasteiger charge is 2.05. The standard InChI is InChI=1S/C20H21NO/c1-20(2,3)21-15-18-10-6-5-9-17(18)13-12-16-8-7-11-19(14-16)22-4/h5-11,14-15H,1-4H3. The molecule has 0 aliphatic heterocycles. The van der Waals surface area contributed by atoms with Crippen LogP contribution in [0.3, 0.4) is 0 Å². The molecule has 0 saturated heterocycles. The molecule has 0 heterocycles. The molecule has 2 aromatic carbocycles. The number of rotatable bonds is 2. The van der Waals surface area contributed by atoms with Gasteiger partial charge >= 0.3 is 0 Å². The van der Waals surface area contributed by atoms with Crippen molar-refractivity contribution in [3.05, 3.63) is 65.2 Å². The van der Waals surface area contributed by atoms with Gasteiger partial charge in [-0.2, -0.15) is 0 Å². The summed E-state index contributed by atoms with van der Waals surface area (Å²) in [5.74, 6) is 7.22. The van der Waals surface area contributed by atoms with Gasteiger partial charge in [0.1, 0.15) is 5.75 Å². The van der Waals surface area contributed by atoms with Crippen LogP contribution in [0.4, 0.5) is 0 Å². The van der Waals surface area contributed by atoms with E-state index in [4.69, 9.17) is 4.74 Å². The normalized spacial score (nSPS) is 11.1. The molecule has 0 fully saturated rings. The lowest BCUT2D eigenvalue weighted by atomic mass is 10.1. The Balaban J connectivity index is 2.31. The highest BCUT2D eigenvalue weighted by molar-refractivity contribution is 5.83. The van der Waals surface area contributed by atoms with E-state index in [-0.39, 0.29) is 5.54 Å². The van der Waals surface area contributed by atoms with Crippen LogP contribution in [0.15, 0.2) is 53.5 Å². The van der Waals surface area contributed by atoms with E-state index < -0.39 is 0 Å². The van der Waals surface area contributed by atoms with Crippen molar-refractivity contribution in [1.82, 2.24) is 0 Å². The predicted octanol–water partition coefficient (Wildman–Crippen LogP) is 4.31. The quantitative estimate of drug-likeness (QED) is 0.597. The second-order valence-corrected chi connectivity index (χ2v) is 6.00. The van der Waals surface area contributed by atoms with Crippen LogP contribution < -0.4 is 4.74 Å². The van der Waals surface area contributed by atoms with Crippen LogP contribution in [0.2, 0.25) is 0 Å². The predicted molar refractivity (Wildman–Crippen MR) is 92.8 cm³/mol. The van der Waals surface area contributed by atoms with Crippen LogP contribution in [0.1, 0.15) is 37.5 Å². The molecule has 0 saturated carbocycles. The molecule has 0 spiro atoms. The molecule has 0 aromatic heterocycles. The Morgan fingerprint density at radius 3 is 2.50 bits per heavy atom. The Bertz CT molecular complexity index is 727. The fraction of sp³-hybridized carbons (Fsp3) is 0.250. The van der Waals surface area contributed by atoms with Crippen molar-refractivity contribution in [2.45, 2.75) is 26.3 Å². The SMILES string of the molecule is COc1cccc(C#Cc2ccccc2C=NC(C)(C)C)c1. The zero-order valence-electron chi connectivity index (χ0n) is 13.6. The summed E-state index contributed by atoms with van der Waals surface area (Å²) in [7, 11) is 1.66. The van der Waals surface area contributed by atoms with Crippen molar-refractivity contribution in [2.75, 3.05) is 7.11 Å². The Morgan fingerprint density at radius 2 is 1.77 bits per heavy atom.